The maximum absolute atomic E-state index is 5.88. The summed E-state index contributed by atoms with van der Waals surface area (Å²) < 4.78 is 35.3. The Kier molecular flexibility index (Phi) is 17.6. The first-order valence-electron chi connectivity index (χ1n) is 15.1. The standard InChI is InChI=1S/2C16H22N2O3Si.Ru/c2*1-4-19-22(20-5-2,21-6-3)14-10-11-16(18-13-14)15-9-7-8-12-17-15;/h2*7-13H,4-6H2,1-3H3;. The van der Waals surface area contributed by atoms with Crippen LogP contribution in [0.5, 0.6) is 0 Å². The molecule has 0 N–H and O–H groups in total. The predicted octanol–water partition coefficient (Wildman–Crippen LogP) is 4.80. The Labute approximate surface area is 282 Å². The van der Waals surface area contributed by atoms with Crippen molar-refractivity contribution >= 4 is 28.0 Å². The van der Waals surface area contributed by atoms with Crippen LogP contribution in [-0.4, -0.2) is 77.2 Å². The molecule has 0 aliphatic heterocycles. The third-order valence-electron chi connectivity index (χ3n) is 6.09. The first-order chi connectivity index (χ1) is 21.5. The minimum absolute atomic E-state index is 0. The topological polar surface area (TPSA) is 107 Å². The zero-order valence-electron chi connectivity index (χ0n) is 26.9. The van der Waals surface area contributed by atoms with Crippen LogP contribution in [-0.2, 0) is 46.0 Å². The first kappa shape index (κ1) is 38.6. The van der Waals surface area contributed by atoms with Gasteiger partial charge in [-0.25, -0.2) is 0 Å². The third-order valence-corrected chi connectivity index (χ3v) is 12.1. The van der Waals surface area contributed by atoms with Crippen LogP contribution in [0.2, 0.25) is 0 Å². The van der Waals surface area contributed by atoms with E-state index in [1.807, 2.05) is 102 Å². The smallest absolute Gasteiger partial charge is 0.370 e. The van der Waals surface area contributed by atoms with E-state index >= 15 is 0 Å². The number of hydrogen-bond acceptors (Lipinski definition) is 10. The van der Waals surface area contributed by atoms with Crippen LogP contribution < -0.4 is 10.4 Å². The minimum atomic E-state index is -2.88. The van der Waals surface area contributed by atoms with Gasteiger partial charge in [0.2, 0.25) is 0 Å². The molecule has 45 heavy (non-hydrogen) atoms. The summed E-state index contributed by atoms with van der Waals surface area (Å²) in [5.74, 6) is 0. The van der Waals surface area contributed by atoms with Crippen LogP contribution in [0.25, 0.3) is 22.8 Å². The number of rotatable bonds is 16. The summed E-state index contributed by atoms with van der Waals surface area (Å²) in [5.41, 5.74) is 3.31. The molecule has 4 aromatic heterocycles. The van der Waals surface area contributed by atoms with Gasteiger partial charge >= 0.3 is 17.6 Å². The van der Waals surface area contributed by atoms with Crippen LogP contribution in [0.15, 0.2) is 85.5 Å². The molecule has 0 unspecified atom stereocenters. The number of pyridine rings is 4. The van der Waals surface area contributed by atoms with Crippen molar-refractivity contribution in [1.82, 2.24) is 19.9 Å². The Hall–Kier alpha value is -2.58. The van der Waals surface area contributed by atoms with E-state index in [9.17, 15) is 0 Å². The summed E-state index contributed by atoms with van der Waals surface area (Å²) in [6.45, 7) is 14.9. The fraction of sp³-hybridized carbons (Fsp3) is 0.375. The van der Waals surface area contributed by atoms with Crippen LogP contribution in [0.1, 0.15) is 41.5 Å². The second-order valence-electron chi connectivity index (χ2n) is 9.00. The molecule has 4 rings (SSSR count). The molecular formula is C32H44N4O6RuSi2. The molecule has 0 bridgehead atoms. The molecule has 0 radical (unpaired) electrons. The van der Waals surface area contributed by atoms with Gasteiger partial charge < -0.3 is 26.6 Å². The van der Waals surface area contributed by atoms with E-state index in [1.54, 1.807) is 24.8 Å². The molecule has 4 heterocycles. The van der Waals surface area contributed by atoms with Crippen LogP contribution >= 0.6 is 0 Å². The molecule has 0 aromatic carbocycles. The van der Waals surface area contributed by atoms with Crippen molar-refractivity contribution in [2.24, 2.45) is 0 Å². The van der Waals surface area contributed by atoms with Gasteiger partial charge in [0, 0.05) is 94.3 Å². The van der Waals surface area contributed by atoms with Crippen molar-refractivity contribution in [3.8, 4) is 22.8 Å². The number of nitrogens with zero attached hydrogens (tertiary/aromatic N) is 4. The van der Waals surface area contributed by atoms with Gasteiger partial charge in [-0.1, -0.05) is 24.3 Å². The Bertz CT molecular complexity index is 1200. The summed E-state index contributed by atoms with van der Waals surface area (Å²) in [4.78, 5) is 17.6. The Morgan fingerprint density at radius 3 is 0.956 bits per heavy atom. The molecule has 0 fully saturated rings. The SMILES string of the molecule is CCO[Si](OCC)(OCC)c1ccc(-c2ccccn2)nc1.CCO[Si](OCC)(OCC)c1ccc(-c2ccccn2)nc1.[Ru]. The molecule has 13 heteroatoms. The van der Waals surface area contributed by atoms with E-state index in [-0.39, 0.29) is 19.5 Å². The molecule has 10 nitrogen and oxygen atoms in total. The van der Waals surface area contributed by atoms with Gasteiger partial charge in [0.1, 0.15) is 0 Å². The van der Waals surface area contributed by atoms with Gasteiger partial charge in [-0.15, -0.1) is 0 Å². The van der Waals surface area contributed by atoms with Crippen LogP contribution in [0.3, 0.4) is 0 Å². The van der Waals surface area contributed by atoms with Crippen molar-refractivity contribution in [3.63, 3.8) is 0 Å². The quantitative estimate of drug-likeness (QED) is 0.149. The minimum Gasteiger partial charge on any atom is -0.370 e. The average molecular weight is 738 g/mol. The van der Waals surface area contributed by atoms with Gasteiger partial charge in [0.25, 0.3) is 0 Å². The maximum atomic E-state index is 5.88. The zero-order chi connectivity index (χ0) is 31.7. The van der Waals surface area contributed by atoms with Gasteiger partial charge in [-0.05, 0) is 77.9 Å². The van der Waals surface area contributed by atoms with E-state index in [1.165, 1.54) is 0 Å². The fourth-order valence-corrected chi connectivity index (χ4v) is 9.17. The van der Waals surface area contributed by atoms with Crippen LogP contribution in [0.4, 0.5) is 0 Å². The van der Waals surface area contributed by atoms with E-state index in [0.717, 1.165) is 33.1 Å². The number of aromatic nitrogens is 4. The summed E-state index contributed by atoms with van der Waals surface area (Å²) in [6.07, 6.45) is 7.06. The summed E-state index contributed by atoms with van der Waals surface area (Å²) in [6, 6.07) is 19.3. The van der Waals surface area contributed by atoms with Gasteiger partial charge in [-0.3, -0.25) is 19.9 Å². The maximum Gasteiger partial charge on any atom is 0.538 e. The second kappa shape index (κ2) is 20.5. The van der Waals surface area contributed by atoms with Gasteiger partial charge in [-0.2, -0.15) is 0 Å². The Morgan fingerprint density at radius 2 is 0.733 bits per heavy atom. The van der Waals surface area contributed by atoms with E-state index < -0.39 is 17.6 Å². The zero-order valence-corrected chi connectivity index (χ0v) is 30.7. The van der Waals surface area contributed by atoms with Crippen LogP contribution in [0, 0.1) is 0 Å². The Morgan fingerprint density at radius 1 is 0.422 bits per heavy atom. The third kappa shape index (κ3) is 10.7. The molecule has 4 aromatic rings. The van der Waals surface area contributed by atoms with Crippen molar-refractivity contribution < 1.29 is 46.0 Å². The van der Waals surface area contributed by atoms with E-state index in [4.69, 9.17) is 26.6 Å². The van der Waals surface area contributed by atoms with Crippen molar-refractivity contribution in [1.29, 1.82) is 0 Å². The second-order valence-corrected chi connectivity index (χ2v) is 14.1. The van der Waals surface area contributed by atoms with E-state index in [2.05, 4.69) is 19.9 Å². The molecule has 0 aliphatic carbocycles. The molecule has 0 amide bonds. The summed E-state index contributed by atoms with van der Waals surface area (Å²) in [7, 11) is -5.76. The van der Waals surface area contributed by atoms with Crippen molar-refractivity contribution in [3.05, 3.63) is 85.5 Å². The predicted molar refractivity (Wildman–Crippen MR) is 175 cm³/mol. The molecule has 0 atom stereocenters. The average Bonchev–Trinajstić information content (AvgIpc) is 3.07. The van der Waals surface area contributed by atoms with Gasteiger partial charge in [0.05, 0.1) is 22.8 Å². The fourth-order valence-electron chi connectivity index (χ4n) is 4.37. The largest absolute Gasteiger partial charge is 0.538 e. The molecule has 0 saturated carbocycles. The Balaban J connectivity index is 0.000000307. The summed E-state index contributed by atoms with van der Waals surface area (Å²) >= 11 is 0. The monoisotopic (exact) mass is 738 g/mol. The summed E-state index contributed by atoms with van der Waals surface area (Å²) in [5, 5.41) is 1.75. The number of hydrogen-bond donors (Lipinski definition) is 0. The molecule has 244 valence electrons. The van der Waals surface area contributed by atoms with E-state index in [0.29, 0.717) is 39.6 Å². The molecule has 0 saturated heterocycles. The van der Waals surface area contributed by atoms with Crippen molar-refractivity contribution in [2.45, 2.75) is 41.5 Å². The molecule has 0 aliphatic rings. The van der Waals surface area contributed by atoms with Crippen molar-refractivity contribution in [2.75, 3.05) is 39.6 Å². The molecular weight excluding hydrogens is 694 g/mol. The first-order valence-corrected chi connectivity index (χ1v) is 18.6. The normalized spacial score (nSPS) is 11.3. The van der Waals surface area contributed by atoms with Gasteiger partial charge in [0.15, 0.2) is 0 Å². The molecule has 0 spiro atoms.